The Hall–Kier alpha value is -3.66. The molecule has 1 N–H and O–H groups in total. The number of hydrogen-bond acceptors (Lipinski definition) is 6. The minimum absolute atomic E-state index is 0.0409. The summed E-state index contributed by atoms with van der Waals surface area (Å²) in [4.78, 5) is 28.3. The van der Waals surface area contributed by atoms with Crippen LogP contribution in [0.15, 0.2) is 46.7 Å². The summed E-state index contributed by atoms with van der Waals surface area (Å²) in [6, 6.07) is 8.40. The predicted octanol–water partition coefficient (Wildman–Crippen LogP) is 2.46. The quantitative estimate of drug-likeness (QED) is 0.506. The van der Waals surface area contributed by atoms with Crippen molar-refractivity contribution in [2.75, 3.05) is 7.11 Å². The van der Waals surface area contributed by atoms with E-state index >= 15 is 0 Å². The molecule has 26 heavy (non-hydrogen) atoms. The standard InChI is InChI=1S/C19H17N3O4/c1-4-9-22-17(23)14(10-20)12(2)15(18(22)24)11-21-16-8-6-5-7-13(16)19(25)26-3/h4-8,11,24H,1,9H2,2-3H3. The number of nitrogens with zero attached hydrogens (tertiary/aromatic N) is 3. The molecule has 0 saturated heterocycles. The molecule has 0 saturated carbocycles. The van der Waals surface area contributed by atoms with Gasteiger partial charge in [0.2, 0.25) is 5.88 Å². The second kappa shape index (κ2) is 7.94. The molecule has 0 amide bonds. The van der Waals surface area contributed by atoms with E-state index in [1.54, 1.807) is 31.2 Å². The molecule has 7 nitrogen and oxygen atoms in total. The summed E-state index contributed by atoms with van der Waals surface area (Å²) in [7, 11) is 1.27. The molecular formula is C19H17N3O4. The third kappa shape index (κ3) is 3.39. The zero-order valence-electron chi connectivity index (χ0n) is 14.4. The molecule has 0 aliphatic carbocycles. The lowest BCUT2D eigenvalue weighted by Crippen LogP contribution is -2.24. The van der Waals surface area contributed by atoms with Crippen LogP contribution in [0.3, 0.4) is 0 Å². The molecule has 0 bridgehead atoms. The number of methoxy groups -OCH3 is 1. The van der Waals surface area contributed by atoms with Gasteiger partial charge in [-0.2, -0.15) is 5.26 Å². The zero-order valence-corrected chi connectivity index (χ0v) is 14.4. The van der Waals surface area contributed by atoms with Crippen molar-refractivity contribution >= 4 is 17.9 Å². The Morgan fingerprint density at radius 1 is 1.46 bits per heavy atom. The fourth-order valence-electron chi connectivity index (χ4n) is 2.43. The number of para-hydroxylation sites is 1. The van der Waals surface area contributed by atoms with E-state index in [1.165, 1.54) is 19.4 Å². The van der Waals surface area contributed by atoms with E-state index in [-0.39, 0.29) is 29.1 Å². The molecule has 0 spiro atoms. The Balaban J connectivity index is 2.65. The number of carbonyl (C=O) groups is 1. The molecule has 132 valence electrons. The second-order valence-electron chi connectivity index (χ2n) is 5.32. The number of pyridine rings is 1. The van der Waals surface area contributed by atoms with E-state index in [0.29, 0.717) is 11.3 Å². The van der Waals surface area contributed by atoms with E-state index in [1.807, 2.05) is 6.07 Å². The van der Waals surface area contributed by atoms with E-state index in [2.05, 4.69) is 11.6 Å². The van der Waals surface area contributed by atoms with Crippen LogP contribution in [0.4, 0.5) is 5.69 Å². The lowest BCUT2D eigenvalue weighted by atomic mass is 10.1. The largest absolute Gasteiger partial charge is 0.494 e. The van der Waals surface area contributed by atoms with Crippen molar-refractivity contribution in [1.82, 2.24) is 4.57 Å². The number of aromatic hydroxyl groups is 1. The molecule has 2 rings (SSSR count). The van der Waals surface area contributed by atoms with Crippen molar-refractivity contribution in [2.24, 2.45) is 4.99 Å². The Morgan fingerprint density at radius 2 is 2.15 bits per heavy atom. The van der Waals surface area contributed by atoms with Gasteiger partial charge in [-0.25, -0.2) is 4.79 Å². The summed E-state index contributed by atoms with van der Waals surface area (Å²) >= 11 is 0. The van der Waals surface area contributed by atoms with Crippen LogP contribution in [-0.4, -0.2) is 29.0 Å². The summed E-state index contributed by atoms with van der Waals surface area (Å²) in [6.45, 7) is 5.13. The van der Waals surface area contributed by atoms with Gasteiger partial charge in [-0.15, -0.1) is 6.58 Å². The second-order valence-corrected chi connectivity index (χ2v) is 5.32. The summed E-state index contributed by atoms with van der Waals surface area (Å²) in [5.74, 6) is -0.876. The maximum absolute atomic E-state index is 12.3. The number of allylic oxidation sites excluding steroid dienone is 1. The van der Waals surface area contributed by atoms with Crippen molar-refractivity contribution in [1.29, 1.82) is 5.26 Å². The first-order valence-corrected chi connectivity index (χ1v) is 7.65. The minimum atomic E-state index is -0.602. The smallest absolute Gasteiger partial charge is 0.340 e. The number of benzene rings is 1. The van der Waals surface area contributed by atoms with Crippen molar-refractivity contribution in [3.63, 3.8) is 0 Å². The number of carbonyl (C=O) groups excluding carboxylic acids is 1. The van der Waals surface area contributed by atoms with Crippen molar-refractivity contribution in [2.45, 2.75) is 13.5 Å². The van der Waals surface area contributed by atoms with Crippen LogP contribution in [-0.2, 0) is 11.3 Å². The third-order valence-corrected chi connectivity index (χ3v) is 3.80. The molecule has 0 radical (unpaired) electrons. The van der Waals surface area contributed by atoms with Gasteiger partial charge in [0.1, 0.15) is 11.6 Å². The average molecular weight is 351 g/mol. The SMILES string of the molecule is C=CCn1c(O)c(C=Nc2ccccc2C(=O)OC)c(C)c(C#N)c1=O. The van der Waals surface area contributed by atoms with Crippen molar-refractivity contribution in [3.8, 4) is 11.9 Å². The van der Waals surface area contributed by atoms with Crippen LogP contribution < -0.4 is 5.56 Å². The number of esters is 1. The Bertz CT molecular complexity index is 997. The van der Waals surface area contributed by atoms with E-state index < -0.39 is 11.5 Å². The van der Waals surface area contributed by atoms with E-state index in [9.17, 15) is 20.0 Å². The highest BCUT2D eigenvalue weighted by atomic mass is 16.5. The van der Waals surface area contributed by atoms with Gasteiger partial charge in [0, 0.05) is 12.8 Å². The predicted molar refractivity (Wildman–Crippen MR) is 97.1 cm³/mol. The molecule has 0 fully saturated rings. The van der Waals surface area contributed by atoms with E-state index in [0.717, 1.165) is 4.57 Å². The van der Waals surface area contributed by atoms with Crippen LogP contribution in [0.5, 0.6) is 5.88 Å². The highest BCUT2D eigenvalue weighted by Gasteiger charge is 2.17. The maximum atomic E-state index is 12.3. The molecular weight excluding hydrogens is 334 g/mol. The van der Waals surface area contributed by atoms with Crippen LogP contribution in [0.1, 0.15) is 27.0 Å². The Labute approximate surface area is 150 Å². The van der Waals surface area contributed by atoms with Gasteiger partial charge in [-0.3, -0.25) is 14.4 Å². The van der Waals surface area contributed by atoms with Gasteiger partial charge < -0.3 is 9.84 Å². The summed E-state index contributed by atoms with van der Waals surface area (Å²) in [6.07, 6.45) is 2.75. The summed E-state index contributed by atoms with van der Waals surface area (Å²) in [5.41, 5.74) is 0.403. The molecule has 1 aromatic heterocycles. The number of nitriles is 1. The topological polar surface area (TPSA) is 105 Å². The number of aliphatic imine (C=N–C) groups is 1. The van der Waals surface area contributed by atoms with Gasteiger partial charge in [0.15, 0.2) is 0 Å². The molecule has 0 atom stereocenters. The van der Waals surface area contributed by atoms with Crippen LogP contribution >= 0.6 is 0 Å². The van der Waals surface area contributed by atoms with Crippen LogP contribution in [0.25, 0.3) is 0 Å². The number of ether oxygens (including phenoxy) is 1. The first-order valence-electron chi connectivity index (χ1n) is 7.65. The average Bonchev–Trinajstić information content (AvgIpc) is 2.65. The van der Waals surface area contributed by atoms with Gasteiger partial charge in [-0.1, -0.05) is 18.2 Å². The zero-order chi connectivity index (χ0) is 19.3. The molecule has 7 heteroatoms. The lowest BCUT2D eigenvalue weighted by Gasteiger charge is -2.12. The van der Waals surface area contributed by atoms with Crippen LogP contribution in [0.2, 0.25) is 0 Å². The Kier molecular flexibility index (Phi) is 5.71. The van der Waals surface area contributed by atoms with Crippen molar-refractivity contribution in [3.05, 3.63) is 69.5 Å². The van der Waals surface area contributed by atoms with Gasteiger partial charge in [0.25, 0.3) is 5.56 Å². The van der Waals surface area contributed by atoms with Gasteiger partial charge in [-0.05, 0) is 24.6 Å². The van der Waals surface area contributed by atoms with Gasteiger partial charge >= 0.3 is 5.97 Å². The highest BCUT2D eigenvalue weighted by Crippen LogP contribution is 2.23. The first-order chi connectivity index (χ1) is 12.5. The van der Waals surface area contributed by atoms with Crippen LogP contribution in [0, 0.1) is 18.3 Å². The summed E-state index contributed by atoms with van der Waals surface area (Å²) < 4.78 is 5.75. The highest BCUT2D eigenvalue weighted by molar-refractivity contribution is 5.96. The maximum Gasteiger partial charge on any atom is 0.340 e. The lowest BCUT2D eigenvalue weighted by molar-refractivity contribution is 0.0601. The van der Waals surface area contributed by atoms with Gasteiger partial charge in [0.05, 0.1) is 23.9 Å². The molecule has 0 unspecified atom stereocenters. The number of aromatic nitrogens is 1. The molecule has 0 aliphatic heterocycles. The number of rotatable bonds is 5. The normalized spacial score (nSPS) is 10.5. The van der Waals surface area contributed by atoms with Crippen molar-refractivity contribution < 1.29 is 14.6 Å². The number of hydrogen-bond donors (Lipinski definition) is 1. The molecule has 2 aromatic rings. The fourth-order valence-corrected chi connectivity index (χ4v) is 2.43. The Morgan fingerprint density at radius 3 is 2.77 bits per heavy atom. The fraction of sp³-hybridized carbons (Fsp3) is 0.158. The third-order valence-electron chi connectivity index (χ3n) is 3.80. The monoisotopic (exact) mass is 351 g/mol. The molecule has 1 heterocycles. The summed E-state index contributed by atoms with van der Waals surface area (Å²) in [5, 5.41) is 19.7. The molecule has 1 aromatic carbocycles. The van der Waals surface area contributed by atoms with E-state index in [4.69, 9.17) is 4.74 Å². The first kappa shape index (κ1) is 18.7. The minimum Gasteiger partial charge on any atom is -0.494 e. The molecule has 0 aliphatic rings.